The molecule has 82 valence electrons. The minimum absolute atomic E-state index is 0.442. The summed E-state index contributed by atoms with van der Waals surface area (Å²) in [4.78, 5) is 10.2. The number of aldehydes is 1. The molecule has 2 nitrogen and oxygen atoms in total. The van der Waals surface area contributed by atoms with E-state index in [0.29, 0.717) is 18.9 Å². The Labute approximate surface area is 91.3 Å². The Hall–Kier alpha value is -1.31. The number of benzene rings is 1. The molecular formula is C13H18O2. The summed E-state index contributed by atoms with van der Waals surface area (Å²) in [5.41, 5.74) is 2.38. The van der Waals surface area contributed by atoms with Crippen molar-refractivity contribution in [3.8, 4) is 5.75 Å². The van der Waals surface area contributed by atoms with Gasteiger partial charge in [-0.15, -0.1) is 0 Å². The maximum Gasteiger partial charge on any atom is 0.123 e. The van der Waals surface area contributed by atoms with Crippen LogP contribution in [0.3, 0.4) is 0 Å². The largest absolute Gasteiger partial charge is 0.493 e. The Morgan fingerprint density at radius 3 is 2.73 bits per heavy atom. The van der Waals surface area contributed by atoms with Crippen LogP contribution in [-0.4, -0.2) is 12.9 Å². The van der Waals surface area contributed by atoms with E-state index in [4.69, 9.17) is 4.74 Å². The number of ether oxygens (including phenoxy) is 1. The van der Waals surface area contributed by atoms with Gasteiger partial charge in [0.25, 0.3) is 0 Å². The van der Waals surface area contributed by atoms with Gasteiger partial charge in [0.15, 0.2) is 0 Å². The molecule has 0 atom stereocenters. The molecule has 0 saturated heterocycles. The molecular weight excluding hydrogens is 188 g/mol. The van der Waals surface area contributed by atoms with Gasteiger partial charge in [0.1, 0.15) is 12.0 Å². The van der Waals surface area contributed by atoms with E-state index in [2.05, 4.69) is 26.0 Å². The second-order valence-electron chi connectivity index (χ2n) is 4.00. The fourth-order valence-corrected chi connectivity index (χ4v) is 1.46. The molecule has 0 aliphatic rings. The summed E-state index contributed by atoms with van der Waals surface area (Å²) < 4.78 is 5.59. The Morgan fingerprint density at radius 2 is 2.13 bits per heavy atom. The van der Waals surface area contributed by atoms with E-state index in [-0.39, 0.29) is 0 Å². The van der Waals surface area contributed by atoms with Crippen LogP contribution in [0.5, 0.6) is 5.75 Å². The van der Waals surface area contributed by atoms with Crippen LogP contribution in [0.2, 0.25) is 0 Å². The van der Waals surface area contributed by atoms with E-state index in [1.807, 2.05) is 13.0 Å². The minimum atomic E-state index is 0.442. The van der Waals surface area contributed by atoms with Crippen molar-refractivity contribution in [1.29, 1.82) is 0 Å². The van der Waals surface area contributed by atoms with Crippen molar-refractivity contribution >= 4 is 6.29 Å². The summed E-state index contributed by atoms with van der Waals surface area (Å²) in [6.07, 6.45) is 1.33. The van der Waals surface area contributed by atoms with Crippen LogP contribution in [0, 0.1) is 6.92 Å². The molecule has 0 amide bonds. The summed E-state index contributed by atoms with van der Waals surface area (Å²) in [6, 6.07) is 6.21. The lowest BCUT2D eigenvalue weighted by Gasteiger charge is -2.14. The van der Waals surface area contributed by atoms with Crippen molar-refractivity contribution in [2.24, 2.45) is 0 Å². The smallest absolute Gasteiger partial charge is 0.123 e. The molecule has 0 heterocycles. The summed E-state index contributed by atoms with van der Waals surface area (Å²) >= 11 is 0. The summed E-state index contributed by atoms with van der Waals surface area (Å²) in [5.74, 6) is 1.35. The number of hydrogen-bond acceptors (Lipinski definition) is 2. The van der Waals surface area contributed by atoms with Crippen molar-refractivity contribution in [1.82, 2.24) is 0 Å². The normalized spacial score (nSPS) is 10.4. The maximum absolute atomic E-state index is 10.2. The van der Waals surface area contributed by atoms with E-state index >= 15 is 0 Å². The number of carbonyl (C=O) groups is 1. The average molecular weight is 206 g/mol. The van der Waals surface area contributed by atoms with E-state index in [0.717, 1.165) is 12.0 Å². The first-order valence-electron chi connectivity index (χ1n) is 5.32. The highest BCUT2D eigenvalue weighted by atomic mass is 16.5. The zero-order valence-corrected chi connectivity index (χ0v) is 9.62. The number of aryl methyl sites for hydroxylation is 1. The summed E-state index contributed by atoms with van der Waals surface area (Å²) in [7, 11) is 0. The number of hydrogen-bond donors (Lipinski definition) is 0. The molecule has 1 aromatic carbocycles. The Morgan fingerprint density at radius 1 is 1.40 bits per heavy atom. The van der Waals surface area contributed by atoms with Gasteiger partial charge in [0.05, 0.1) is 6.61 Å². The van der Waals surface area contributed by atoms with Crippen LogP contribution in [-0.2, 0) is 4.79 Å². The van der Waals surface area contributed by atoms with Crippen LogP contribution in [0.25, 0.3) is 0 Å². The Bertz CT molecular complexity index is 329. The highest BCUT2D eigenvalue weighted by Crippen LogP contribution is 2.27. The van der Waals surface area contributed by atoms with Crippen LogP contribution in [0.1, 0.15) is 37.3 Å². The maximum atomic E-state index is 10.2. The monoisotopic (exact) mass is 206 g/mol. The Balaban J connectivity index is 2.82. The molecule has 0 aliphatic carbocycles. The lowest BCUT2D eigenvalue weighted by Crippen LogP contribution is -2.02. The zero-order chi connectivity index (χ0) is 11.3. The van der Waals surface area contributed by atoms with Gasteiger partial charge in [-0.25, -0.2) is 0 Å². The standard InChI is InChI=1S/C13H18O2/c1-10(2)12-6-5-11(3)9-13(12)15-8-4-7-14/h5-7,9-10H,4,8H2,1-3H3. The molecule has 2 heteroatoms. The molecule has 0 spiro atoms. The van der Waals surface area contributed by atoms with Gasteiger partial charge in [0.2, 0.25) is 0 Å². The first kappa shape index (κ1) is 11.8. The van der Waals surface area contributed by atoms with Crippen LogP contribution in [0.4, 0.5) is 0 Å². The molecule has 0 unspecified atom stereocenters. The molecule has 0 bridgehead atoms. The van der Waals surface area contributed by atoms with Gasteiger partial charge in [-0.3, -0.25) is 0 Å². The lowest BCUT2D eigenvalue weighted by molar-refractivity contribution is -0.108. The fraction of sp³-hybridized carbons (Fsp3) is 0.462. The molecule has 0 radical (unpaired) electrons. The van der Waals surface area contributed by atoms with Gasteiger partial charge in [0, 0.05) is 6.42 Å². The fourth-order valence-electron chi connectivity index (χ4n) is 1.46. The molecule has 15 heavy (non-hydrogen) atoms. The van der Waals surface area contributed by atoms with E-state index in [1.165, 1.54) is 11.1 Å². The molecule has 0 N–H and O–H groups in total. The predicted octanol–water partition coefficient (Wildman–Crippen LogP) is 3.09. The lowest BCUT2D eigenvalue weighted by atomic mass is 10.0. The highest BCUT2D eigenvalue weighted by molar-refractivity contribution is 5.49. The number of carbonyl (C=O) groups excluding carboxylic acids is 1. The summed E-state index contributed by atoms with van der Waals surface area (Å²) in [5, 5.41) is 0. The van der Waals surface area contributed by atoms with Crippen LogP contribution in [0.15, 0.2) is 18.2 Å². The van der Waals surface area contributed by atoms with Gasteiger partial charge in [-0.2, -0.15) is 0 Å². The first-order valence-corrected chi connectivity index (χ1v) is 5.32. The quantitative estimate of drug-likeness (QED) is 0.546. The van der Waals surface area contributed by atoms with Gasteiger partial charge in [-0.1, -0.05) is 26.0 Å². The predicted molar refractivity (Wildman–Crippen MR) is 61.4 cm³/mol. The molecule has 0 saturated carbocycles. The first-order chi connectivity index (χ1) is 7.15. The van der Waals surface area contributed by atoms with Crippen molar-refractivity contribution in [3.05, 3.63) is 29.3 Å². The molecule has 0 aliphatic heterocycles. The molecule has 1 rings (SSSR count). The van der Waals surface area contributed by atoms with E-state index in [1.54, 1.807) is 0 Å². The SMILES string of the molecule is Cc1ccc(C(C)C)c(OCCC=O)c1. The molecule has 0 aromatic heterocycles. The second-order valence-corrected chi connectivity index (χ2v) is 4.00. The third kappa shape index (κ3) is 3.39. The highest BCUT2D eigenvalue weighted by Gasteiger charge is 2.07. The molecule has 0 fully saturated rings. The van der Waals surface area contributed by atoms with Gasteiger partial charge < -0.3 is 9.53 Å². The van der Waals surface area contributed by atoms with Gasteiger partial charge in [-0.05, 0) is 30.0 Å². The second kappa shape index (κ2) is 5.54. The zero-order valence-electron chi connectivity index (χ0n) is 9.62. The van der Waals surface area contributed by atoms with Crippen molar-refractivity contribution in [2.75, 3.05) is 6.61 Å². The van der Waals surface area contributed by atoms with Gasteiger partial charge >= 0.3 is 0 Å². The van der Waals surface area contributed by atoms with Crippen molar-refractivity contribution in [2.45, 2.75) is 33.1 Å². The number of rotatable bonds is 5. The van der Waals surface area contributed by atoms with Crippen LogP contribution < -0.4 is 4.74 Å². The van der Waals surface area contributed by atoms with E-state index in [9.17, 15) is 4.79 Å². The van der Waals surface area contributed by atoms with E-state index < -0.39 is 0 Å². The average Bonchev–Trinajstić information content (AvgIpc) is 2.18. The minimum Gasteiger partial charge on any atom is -0.493 e. The Kier molecular flexibility index (Phi) is 4.35. The van der Waals surface area contributed by atoms with Crippen molar-refractivity contribution in [3.63, 3.8) is 0 Å². The van der Waals surface area contributed by atoms with Crippen molar-refractivity contribution < 1.29 is 9.53 Å². The third-order valence-electron chi connectivity index (χ3n) is 2.28. The van der Waals surface area contributed by atoms with Crippen LogP contribution >= 0.6 is 0 Å². The molecule has 1 aromatic rings. The summed E-state index contributed by atoms with van der Waals surface area (Å²) in [6.45, 7) is 6.78. The topological polar surface area (TPSA) is 26.3 Å². The third-order valence-corrected chi connectivity index (χ3v) is 2.28.